The highest BCUT2D eigenvalue weighted by Crippen LogP contribution is 2.39. The first-order valence-electron chi connectivity index (χ1n) is 7.43. The van der Waals surface area contributed by atoms with E-state index in [1.165, 1.54) is 24.1 Å². The Balaban J connectivity index is 2.03. The van der Waals surface area contributed by atoms with Crippen LogP contribution in [0.3, 0.4) is 0 Å². The fourth-order valence-corrected chi connectivity index (χ4v) is 3.13. The van der Waals surface area contributed by atoms with Crippen LogP contribution < -0.4 is 4.90 Å². The van der Waals surface area contributed by atoms with Gasteiger partial charge in [0.05, 0.1) is 6.61 Å². The van der Waals surface area contributed by atoms with Gasteiger partial charge in [0.1, 0.15) is 0 Å². The lowest BCUT2D eigenvalue weighted by molar-refractivity contribution is 0.0740. The van der Waals surface area contributed by atoms with Crippen LogP contribution in [0.15, 0.2) is 24.3 Å². The van der Waals surface area contributed by atoms with E-state index in [0.29, 0.717) is 6.61 Å². The maximum absolute atomic E-state index is 9.84. The van der Waals surface area contributed by atoms with Crippen molar-refractivity contribution in [1.29, 1.82) is 0 Å². The van der Waals surface area contributed by atoms with Crippen LogP contribution in [-0.2, 0) is 0 Å². The molecule has 1 saturated carbocycles. The molecule has 2 heteroatoms. The number of hydrogen-bond acceptors (Lipinski definition) is 2. The molecule has 2 nitrogen and oxygen atoms in total. The number of nitrogens with zero attached hydrogens (tertiary/aromatic N) is 1. The minimum Gasteiger partial charge on any atom is -0.396 e. The summed E-state index contributed by atoms with van der Waals surface area (Å²) in [4.78, 5) is 2.30. The van der Waals surface area contributed by atoms with Crippen molar-refractivity contribution in [2.45, 2.75) is 39.5 Å². The van der Waals surface area contributed by atoms with Crippen molar-refractivity contribution in [2.24, 2.45) is 11.3 Å². The molecule has 0 radical (unpaired) electrons. The van der Waals surface area contributed by atoms with Crippen molar-refractivity contribution in [2.75, 3.05) is 25.1 Å². The average Bonchev–Trinajstić information content (AvgIpc) is 2.42. The monoisotopic (exact) mass is 261 g/mol. The average molecular weight is 261 g/mol. The molecule has 0 bridgehead atoms. The maximum Gasteiger partial charge on any atom is 0.0504 e. The molecule has 0 aromatic heterocycles. The number of benzene rings is 1. The van der Waals surface area contributed by atoms with Gasteiger partial charge in [-0.05, 0) is 37.8 Å². The lowest BCUT2D eigenvalue weighted by atomic mass is 9.71. The zero-order valence-corrected chi connectivity index (χ0v) is 12.5. The third kappa shape index (κ3) is 3.50. The van der Waals surface area contributed by atoms with Gasteiger partial charge in [-0.25, -0.2) is 0 Å². The normalized spacial score (nSPS) is 27.3. The van der Waals surface area contributed by atoms with Gasteiger partial charge in [-0.2, -0.15) is 0 Å². The van der Waals surface area contributed by atoms with Gasteiger partial charge in [-0.15, -0.1) is 0 Å². The Kier molecular flexibility index (Phi) is 4.51. The molecule has 1 fully saturated rings. The second-order valence-corrected chi connectivity index (χ2v) is 6.53. The molecular formula is C17H27NO. The van der Waals surface area contributed by atoms with Crippen molar-refractivity contribution >= 4 is 5.69 Å². The quantitative estimate of drug-likeness (QED) is 0.895. The van der Waals surface area contributed by atoms with E-state index in [0.717, 1.165) is 25.3 Å². The summed E-state index contributed by atoms with van der Waals surface area (Å²) >= 11 is 0. The van der Waals surface area contributed by atoms with E-state index in [1.54, 1.807) is 0 Å². The van der Waals surface area contributed by atoms with Crippen LogP contribution in [0.1, 0.15) is 38.2 Å². The molecule has 0 spiro atoms. The Morgan fingerprint density at radius 3 is 2.32 bits per heavy atom. The van der Waals surface area contributed by atoms with E-state index in [9.17, 15) is 5.11 Å². The molecule has 1 aromatic rings. The van der Waals surface area contributed by atoms with E-state index < -0.39 is 0 Å². The van der Waals surface area contributed by atoms with Crippen LogP contribution in [0.25, 0.3) is 0 Å². The molecule has 0 heterocycles. The van der Waals surface area contributed by atoms with Gasteiger partial charge in [0.2, 0.25) is 0 Å². The highest BCUT2D eigenvalue weighted by molar-refractivity contribution is 5.46. The highest BCUT2D eigenvalue weighted by atomic mass is 16.3. The summed E-state index contributed by atoms with van der Waals surface area (Å²) in [6, 6.07) is 8.65. The highest BCUT2D eigenvalue weighted by Gasteiger charge is 2.34. The Morgan fingerprint density at radius 2 is 1.79 bits per heavy atom. The SMILES string of the molecule is Cc1ccc(N(C)CC2(CO)CCC(C)CC2)cc1. The van der Waals surface area contributed by atoms with E-state index in [2.05, 4.69) is 50.1 Å². The van der Waals surface area contributed by atoms with Crippen LogP contribution in [0.4, 0.5) is 5.69 Å². The van der Waals surface area contributed by atoms with E-state index in [1.807, 2.05) is 0 Å². The minimum atomic E-state index is 0.103. The second kappa shape index (κ2) is 5.96. The summed E-state index contributed by atoms with van der Waals surface area (Å²) in [5.41, 5.74) is 2.64. The Hall–Kier alpha value is -1.02. The first kappa shape index (κ1) is 14.4. The van der Waals surface area contributed by atoms with Gasteiger partial charge in [0.25, 0.3) is 0 Å². The van der Waals surface area contributed by atoms with E-state index in [-0.39, 0.29) is 5.41 Å². The van der Waals surface area contributed by atoms with Crippen molar-refractivity contribution in [1.82, 2.24) is 0 Å². The molecule has 1 aliphatic rings. The predicted octanol–water partition coefficient (Wildman–Crippen LogP) is 3.62. The van der Waals surface area contributed by atoms with Crippen LogP contribution in [0.5, 0.6) is 0 Å². The van der Waals surface area contributed by atoms with Crippen molar-refractivity contribution in [3.05, 3.63) is 29.8 Å². The number of aliphatic hydroxyl groups excluding tert-OH is 1. The van der Waals surface area contributed by atoms with E-state index >= 15 is 0 Å². The van der Waals surface area contributed by atoms with Crippen molar-refractivity contribution < 1.29 is 5.11 Å². The lowest BCUT2D eigenvalue weighted by Crippen LogP contribution is -2.41. The topological polar surface area (TPSA) is 23.5 Å². The fourth-order valence-electron chi connectivity index (χ4n) is 3.13. The summed E-state index contributed by atoms with van der Waals surface area (Å²) < 4.78 is 0. The van der Waals surface area contributed by atoms with Crippen LogP contribution in [0.2, 0.25) is 0 Å². The largest absolute Gasteiger partial charge is 0.396 e. The van der Waals surface area contributed by atoms with Gasteiger partial charge in [-0.3, -0.25) is 0 Å². The molecule has 19 heavy (non-hydrogen) atoms. The molecule has 0 saturated heterocycles. The molecule has 0 unspecified atom stereocenters. The first-order valence-corrected chi connectivity index (χ1v) is 7.43. The second-order valence-electron chi connectivity index (χ2n) is 6.53. The summed E-state index contributed by atoms with van der Waals surface area (Å²) in [7, 11) is 2.14. The predicted molar refractivity (Wildman–Crippen MR) is 81.6 cm³/mol. The summed E-state index contributed by atoms with van der Waals surface area (Å²) in [6.07, 6.45) is 4.81. The first-order chi connectivity index (χ1) is 9.04. The number of hydrogen-bond donors (Lipinski definition) is 1. The summed E-state index contributed by atoms with van der Waals surface area (Å²) in [5.74, 6) is 0.823. The summed E-state index contributed by atoms with van der Waals surface area (Å²) in [6.45, 7) is 5.71. The molecule has 2 rings (SSSR count). The lowest BCUT2D eigenvalue weighted by Gasteiger charge is -2.41. The van der Waals surface area contributed by atoms with E-state index in [4.69, 9.17) is 0 Å². The van der Waals surface area contributed by atoms with Crippen molar-refractivity contribution in [3.63, 3.8) is 0 Å². The van der Waals surface area contributed by atoms with Gasteiger partial charge in [0, 0.05) is 24.7 Å². The Labute approximate surface area is 117 Å². The zero-order valence-electron chi connectivity index (χ0n) is 12.5. The molecule has 0 aliphatic heterocycles. The van der Waals surface area contributed by atoms with Crippen LogP contribution in [0, 0.1) is 18.3 Å². The number of aliphatic hydroxyl groups is 1. The number of anilines is 1. The Bertz CT molecular complexity index is 390. The molecule has 1 N–H and O–H groups in total. The molecular weight excluding hydrogens is 234 g/mol. The fraction of sp³-hybridized carbons (Fsp3) is 0.647. The van der Waals surface area contributed by atoms with Crippen LogP contribution >= 0.6 is 0 Å². The summed E-state index contributed by atoms with van der Waals surface area (Å²) in [5, 5.41) is 9.84. The zero-order chi connectivity index (χ0) is 13.9. The third-order valence-electron chi connectivity index (χ3n) is 4.72. The van der Waals surface area contributed by atoms with Gasteiger partial charge in [0.15, 0.2) is 0 Å². The molecule has 1 aromatic carbocycles. The smallest absolute Gasteiger partial charge is 0.0504 e. The molecule has 1 aliphatic carbocycles. The minimum absolute atomic E-state index is 0.103. The van der Waals surface area contributed by atoms with Gasteiger partial charge < -0.3 is 10.0 Å². The molecule has 0 atom stereocenters. The Morgan fingerprint density at radius 1 is 1.21 bits per heavy atom. The van der Waals surface area contributed by atoms with Gasteiger partial charge >= 0.3 is 0 Å². The standard InChI is InChI=1S/C17H27NO/c1-14-4-6-16(7-5-14)18(3)12-17(13-19)10-8-15(2)9-11-17/h4-7,15,19H,8-13H2,1-3H3. The number of aryl methyl sites for hydroxylation is 1. The molecule has 0 amide bonds. The number of rotatable bonds is 4. The van der Waals surface area contributed by atoms with Crippen LogP contribution in [-0.4, -0.2) is 25.3 Å². The maximum atomic E-state index is 9.84. The third-order valence-corrected chi connectivity index (χ3v) is 4.72. The van der Waals surface area contributed by atoms with Crippen molar-refractivity contribution in [3.8, 4) is 0 Å². The molecule has 106 valence electrons. The van der Waals surface area contributed by atoms with Gasteiger partial charge in [-0.1, -0.05) is 37.5 Å².